The third kappa shape index (κ3) is 4.23. The first-order valence-electron chi connectivity index (χ1n) is 8.12. The normalized spacial score (nSPS) is 19.1. The number of hydrogen-bond acceptors (Lipinski definition) is 4. The molecular formula is C18H17ClN2O4S. The lowest BCUT2D eigenvalue weighted by Crippen LogP contribution is -2.33. The number of carbonyl (C=O) groups excluding carboxylic acids is 2. The maximum absolute atomic E-state index is 12.4. The van der Waals surface area contributed by atoms with E-state index in [1.807, 2.05) is 0 Å². The second-order valence-electron chi connectivity index (χ2n) is 6.14. The molecule has 2 aromatic rings. The predicted octanol–water partition coefficient (Wildman–Crippen LogP) is 3.64. The summed E-state index contributed by atoms with van der Waals surface area (Å²) in [6.07, 6.45) is 1.62. The molecule has 0 saturated heterocycles. The van der Waals surface area contributed by atoms with Crippen molar-refractivity contribution in [2.45, 2.75) is 25.3 Å². The van der Waals surface area contributed by atoms with E-state index in [1.165, 1.54) is 17.4 Å². The van der Waals surface area contributed by atoms with Crippen LogP contribution in [-0.2, 0) is 4.79 Å². The summed E-state index contributed by atoms with van der Waals surface area (Å²) in [5.74, 6) is -1.85. The topological polar surface area (TPSA) is 95.5 Å². The Balaban J connectivity index is 1.68. The molecule has 26 heavy (non-hydrogen) atoms. The van der Waals surface area contributed by atoms with E-state index in [1.54, 1.807) is 29.6 Å². The molecule has 6 nitrogen and oxygen atoms in total. The van der Waals surface area contributed by atoms with Crippen LogP contribution in [-0.4, -0.2) is 28.9 Å². The third-order valence-electron chi connectivity index (χ3n) is 4.34. The standard InChI is InChI=1S/C18H17ClN2O4S/c19-13-6-4-10(9-14(13)21-17(23)15-2-1-7-26-15)16(22)20-12-5-3-11(8-12)18(24)25/h1-2,4,6-7,9,11-12H,3,5,8H2,(H,20,22)(H,21,23)(H,24,25)/t11-,12+/m1/s1. The Kier molecular flexibility index (Phi) is 5.58. The van der Waals surface area contributed by atoms with Crippen LogP contribution in [0.15, 0.2) is 35.7 Å². The maximum atomic E-state index is 12.4. The van der Waals surface area contributed by atoms with Gasteiger partial charge in [-0.05, 0) is 48.9 Å². The molecule has 3 rings (SSSR count). The number of amides is 2. The minimum Gasteiger partial charge on any atom is -0.481 e. The average Bonchev–Trinajstić information content (AvgIpc) is 3.28. The molecule has 0 spiro atoms. The number of carbonyl (C=O) groups is 3. The van der Waals surface area contributed by atoms with Gasteiger partial charge < -0.3 is 15.7 Å². The number of carboxylic acids is 1. The summed E-state index contributed by atoms with van der Waals surface area (Å²) in [7, 11) is 0. The van der Waals surface area contributed by atoms with E-state index in [0.717, 1.165) is 0 Å². The Bertz CT molecular complexity index is 838. The molecule has 1 aromatic heterocycles. The van der Waals surface area contributed by atoms with Gasteiger partial charge in [-0.25, -0.2) is 0 Å². The first-order valence-corrected chi connectivity index (χ1v) is 9.38. The van der Waals surface area contributed by atoms with Gasteiger partial charge in [0.2, 0.25) is 0 Å². The molecular weight excluding hydrogens is 376 g/mol. The number of hydrogen-bond donors (Lipinski definition) is 3. The first kappa shape index (κ1) is 18.4. The monoisotopic (exact) mass is 392 g/mol. The van der Waals surface area contributed by atoms with Crippen molar-refractivity contribution in [2.24, 2.45) is 5.92 Å². The summed E-state index contributed by atoms with van der Waals surface area (Å²) in [6, 6.07) is 7.95. The Morgan fingerprint density at radius 3 is 2.62 bits per heavy atom. The molecule has 1 aliphatic carbocycles. The van der Waals surface area contributed by atoms with E-state index in [-0.39, 0.29) is 17.9 Å². The number of benzene rings is 1. The molecule has 0 aliphatic heterocycles. The Hall–Kier alpha value is -2.38. The zero-order valence-electron chi connectivity index (χ0n) is 13.7. The first-order chi connectivity index (χ1) is 12.4. The van der Waals surface area contributed by atoms with Gasteiger partial charge in [0.05, 0.1) is 21.5 Å². The smallest absolute Gasteiger partial charge is 0.306 e. The summed E-state index contributed by atoms with van der Waals surface area (Å²) >= 11 is 7.43. The summed E-state index contributed by atoms with van der Waals surface area (Å²) in [6.45, 7) is 0. The van der Waals surface area contributed by atoms with Gasteiger partial charge in [-0.2, -0.15) is 0 Å². The molecule has 0 bridgehead atoms. The number of halogens is 1. The van der Waals surface area contributed by atoms with Gasteiger partial charge in [-0.1, -0.05) is 17.7 Å². The Labute approximate surface area is 159 Å². The van der Waals surface area contributed by atoms with Gasteiger partial charge >= 0.3 is 5.97 Å². The zero-order valence-corrected chi connectivity index (χ0v) is 15.3. The molecule has 2 atom stereocenters. The molecule has 136 valence electrons. The summed E-state index contributed by atoms with van der Waals surface area (Å²) < 4.78 is 0. The van der Waals surface area contributed by atoms with Gasteiger partial charge in [0.25, 0.3) is 11.8 Å². The van der Waals surface area contributed by atoms with Crippen molar-refractivity contribution in [2.75, 3.05) is 5.32 Å². The summed E-state index contributed by atoms with van der Waals surface area (Å²) in [4.78, 5) is 36.2. The summed E-state index contributed by atoms with van der Waals surface area (Å²) in [5.41, 5.74) is 0.710. The molecule has 1 aromatic carbocycles. The van der Waals surface area contributed by atoms with Crippen LogP contribution in [0.2, 0.25) is 5.02 Å². The highest BCUT2D eigenvalue weighted by Crippen LogP contribution is 2.27. The average molecular weight is 393 g/mol. The van der Waals surface area contributed by atoms with E-state index in [2.05, 4.69) is 10.6 Å². The van der Waals surface area contributed by atoms with Crippen LogP contribution in [0.4, 0.5) is 5.69 Å². The number of carboxylic acid groups (broad SMARTS) is 1. The highest BCUT2D eigenvalue weighted by Gasteiger charge is 2.30. The fourth-order valence-corrected chi connectivity index (χ4v) is 3.74. The lowest BCUT2D eigenvalue weighted by atomic mass is 10.1. The number of anilines is 1. The summed E-state index contributed by atoms with van der Waals surface area (Å²) in [5, 5.41) is 16.7. The van der Waals surface area contributed by atoms with Crippen LogP contribution >= 0.6 is 22.9 Å². The van der Waals surface area contributed by atoms with Crippen LogP contribution < -0.4 is 10.6 Å². The van der Waals surface area contributed by atoms with Gasteiger partial charge in [0.15, 0.2) is 0 Å². The largest absolute Gasteiger partial charge is 0.481 e. The van der Waals surface area contributed by atoms with Crippen molar-refractivity contribution in [3.8, 4) is 0 Å². The van der Waals surface area contributed by atoms with Crippen LogP contribution in [0, 0.1) is 5.92 Å². The van der Waals surface area contributed by atoms with Crippen molar-refractivity contribution in [3.05, 3.63) is 51.2 Å². The molecule has 1 fully saturated rings. The molecule has 2 amide bonds. The fraction of sp³-hybridized carbons (Fsp3) is 0.278. The van der Waals surface area contributed by atoms with Crippen LogP contribution in [0.5, 0.6) is 0 Å². The molecule has 0 radical (unpaired) electrons. The van der Waals surface area contributed by atoms with Crippen LogP contribution in [0.1, 0.15) is 39.3 Å². The highest BCUT2D eigenvalue weighted by atomic mass is 35.5. The minimum atomic E-state index is -0.827. The SMILES string of the molecule is O=C(N[C@H]1CC[C@@H](C(=O)O)C1)c1ccc(Cl)c(NC(=O)c2cccs2)c1. The predicted molar refractivity (Wildman–Crippen MR) is 100.0 cm³/mol. The molecule has 3 N–H and O–H groups in total. The number of nitrogens with one attached hydrogen (secondary N) is 2. The maximum Gasteiger partial charge on any atom is 0.306 e. The van der Waals surface area contributed by atoms with E-state index in [4.69, 9.17) is 16.7 Å². The van der Waals surface area contributed by atoms with Crippen molar-refractivity contribution < 1.29 is 19.5 Å². The van der Waals surface area contributed by atoms with Crippen molar-refractivity contribution in [1.29, 1.82) is 0 Å². The number of rotatable bonds is 5. The third-order valence-corrected chi connectivity index (χ3v) is 5.54. The molecule has 8 heteroatoms. The Morgan fingerprint density at radius 2 is 1.96 bits per heavy atom. The van der Waals surface area contributed by atoms with Crippen molar-refractivity contribution in [1.82, 2.24) is 5.32 Å². The molecule has 1 aliphatic rings. The van der Waals surface area contributed by atoms with E-state index >= 15 is 0 Å². The van der Waals surface area contributed by atoms with E-state index in [0.29, 0.717) is 40.4 Å². The second kappa shape index (κ2) is 7.88. The van der Waals surface area contributed by atoms with Gasteiger partial charge in [-0.15, -0.1) is 11.3 Å². The quantitative estimate of drug-likeness (QED) is 0.723. The van der Waals surface area contributed by atoms with Gasteiger partial charge in [0, 0.05) is 11.6 Å². The molecule has 1 heterocycles. The van der Waals surface area contributed by atoms with Crippen LogP contribution in [0.25, 0.3) is 0 Å². The van der Waals surface area contributed by atoms with Gasteiger partial charge in [0.1, 0.15) is 0 Å². The fourth-order valence-electron chi connectivity index (χ4n) is 2.96. The Morgan fingerprint density at radius 1 is 1.15 bits per heavy atom. The second-order valence-corrected chi connectivity index (χ2v) is 7.50. The zero-order chi connectivity index (χ0) is 18.7. The van der Waals surface area contributed by atoms with Crippen molar-refractivity contribution >= 4 is 46.4 Å². The van der Waals surface area contributed by atoms with Gasteiger partial charge in [-0.3, -0.25) is 14.4 Å². The van der Waals surface area contributed by atoms with Crippen LogP contribution in [0.3, 0.4) is 0 Å². The number of thiophene rings is 1. The van der Waals surface area contributed by atoms with Crippen molar-refractivity contribution in [3.63, 3.8) is 0 Å². The van der Waals surface area contributed by atoms with E-state index < -0.39 is 11.9 Å². The highest BCUT2D eigenvalue weighted by molar-refractivity contribution is 7.12. The minimum absolute atomic E-state index is 0.163. The lowest BCUT2D eigenvalue weighted by Gasteiger charge is -2.14. The number of aliphatic carboxylic acids is 1. The lowest BCUT2D eigenvalue weighted by molar-refractivity contribution is -0.141. The molecule has 1 saturated carbocycles. The molecule has 0 unspecified atom stereocenters. The van der Waals surface area contributed by atoms with E-state index in [9.17, 15) is 14.4 Å².